The van der Waals surface area contributed by atoms with E-state index >= 15 is 0 Å². The van der Waals surface area contributed by atoms with Crippen molar-refractivity contribution in [1.82, 2.24) is 20.4 Å². The molecule has 0 saturated heterocycles. The summed E-state index contributed by atoms with van der Waals surface area (Å²) in [5.74, 6) is 1.79. The van der Waals surface area contributed by atoms with Crippen molar-refractivity contribution in [2.45, 2.75) is 38.1 Å². The lowest BCUT2D eigenvalue weighted by atomic mass is 9.95. The lowest BCUT2D eigenvalue weighted by molar-refractivity contribution is 0.318. The number of halogens is 1. The Kier molecular flexibility index (Phi) is 4.51. The average Bonchev–Trinajstić information content (AvgIpc) is 3.17. The summed E-state index contributed by atoms with van der Waals surface area (Å²) >= 11 is 6.11. The minimum Gasteiger partial charge on any atom is -0.339 e. The zero-order valence-corrected chi connectivity index (χ0v) is 12.8. The predicted molar refractivity (Wildman–Crippen MR) is 81.0 cm³/mol. The minimum absolute atomic E-state index is 0.389. The highest BCUT2D eigenvalue weighted by atomic mass is 35.5. The molecule has 0 amide bonds. The van der Waals surface area contributed by atoms with Crippen LogP contribution in [0.5, 0.6) is 0 Å². The number of likely N-dealkylation sites (N-methyl/N-ethyl adjacent to an activating group) is 1. The minimum atomic E-state index is 0.389. The number of hydrogen-bond acceptors (Lipinski definition) is 5. The Bertz CT molecular complexity index is 595. The van der Waals surface area contributed by atoms with Gasteiger partial charge < -0.3 is 9.84 Å². The van der Waals surface area contributed by atoms with Crippen molar-refractivity contribution in [1.29, 1.82) is 0 Å². The van der Waals surface area contributed by atoms with Gasteiger partial charge in [0.15, 0.2) is 0 Å². The lowest BCUT2D eigenvalue weighted by Gasteiger charge is -2.20. The van der Waals surface area contributed by atoms with E-state index in [1.807, 2.05) is 7.05 Å². The molecule has 1 fully saturated rings. The Labute approximate surface area is 129 Å². The van der Waals surface area contributed by atoms with Gasteiger partial charge in [-0.3, -0.25) is 4.98 Å². The molecule has 0 aromatic carbocycles. The van der Waals surface area contributed by atoms with Crippen LogP contribution < -0.4 is 5.32 Å². The monoisotopic (exact) mass is 306 g/mol. The second kappa shape index (κ2) is 6.54. The molecule has 112 valence electrons. The van der Waals surface area contributed by atoms with Crippen LogP contribution in [0.3, 0.4) is 0 Å². The van der Waals surface area contributed by atoms with Crippen LogP contribution in [0, 0.1) is 5.92 Å². The van der Waals surface area contributed by atoms with E-state index in [1.54, 1.807) is 18.3 Å². The van der Waals surface area contributed by atoms with E-state index < -0.39 is 0 Å². The van der Waals surface area contributed by atoms with Gasteiger partial charge in [0, 0.05) is 18.7 Å². The van der Waals surface area contributed by atoms with E-state index in [0.717, 1.165) is 6.42 Å². The summed E-state index contributed by atoms with van der Waals surface area (Å²) in [5, 5.41) is 7.92. The van der Waals surface area contributed by atoms with Gasteiger partial charge in [-0.15, -0.1) is 0 Å². The predicted octanol–water partition coefficient (Wildman–Crippen LogP) is 3.11. The van der Waals surface area contributed by atoms with Crippen LogP contribution in [0.25, 0.3) is 11.5 Å². The summed E-state index contributed by atoms with van der Waals surface area (Å²) in [6.07, 6.45) is 7.62. The van der Waals surface area contributed by atoms with Crippen molar-refractivity contribution < 1.29 is 4.52 Å². The third-order valence-electron chi connectivity index (χ3n) is 4.17. The fourth-order valence-electron chi connectivity index (χ4n) is 3.04. The average molecular weight is 307 g/mol. The summed E-state index contributed by atoms with van der Waals surface area (Å²) in [5.41, 5.74) is 0.566. The van der Waals surface area contributed by atoms with E-state index in [9.17, 15) is 0 Å². The molecule has 0 bridgehead atoms. The number of aromatic nitrogens is 3. The molecule has 1 unspecified atom stereocenters. The fraction of sp³-hybridized carbons (Fsp3) is 0.533. The maximum absolute atomic E-state index is 6.11. The molecule has 21 heavy (non-hydrogen) atoms. The number of hydrogen-bond donors (Lipinski definition) is 1. The molecule has 1 N–H and O–H groups in total. The molecule has 1 aliphatic carbocycles. The molecule has 2 aromatic heterocycles. The van der Waals surface area contributed by atoms with Crippen molar-refractivity contribution in [2.75, 3.05) is 7.05 Å². The largest absolute Gasteiger partial charge is 0.339 e. The summed E-state index contributed by atoms with van der Waals surface area (Å²) < 4.78 is 5.37. The zero-order chi connectivity index (χ0) is 14.7. The molecule has 1 aliphatic rings. The second-order valence-corrected chi connectivity index (χ2v) is 5.90. The smallest absolute Gasteiger partial charge is 0.228 e. The molecule has 1 atom stereocenters. The van der Waals surface area contributed by atoms with Gasteiger partial charge >= 0.3 is 0 Å². The number of pyridine rings is 1. The highest BCUT2D eigenvalue weighted by Gasteiger charge is 2.26. The maximum Gasteiger partial charge on any atom is 0.228 e. The van der Waals surface area contributed by atoms with Crippen LogP contribution in [0.2, 0.25) is 5.02 Å². The van der Waals surface area contributed by atoms with E-state index in [1.165, 1.54) is 25.7 Å². The molecule has 2 heterocycles. The topological polar surface area (TPSA) is 63.8 Å². The van der Waals surface area contributed by atoms with Crippen molar-refractivity contribution >= 4 is 11.6 Å². The molecule has 0 radical (unpaired) electrons. The zero-order valence-electron chi connectivity index (χ0n) is 12.1. The SMILES string of the molecule is CNC(Cc1nc(-c2ncccc2Cl)no1)C1CCCC1. The first-order valence-corrected chi connectivity index (χ1v) is 7.76. The third-order valence-corrected chi connectivity index (χ3v) is 4.48. The standard InChI is InChI=1S/C15H19ClN4O/c1-17-12(10-5-2-3-6-10)9-13-19-15(20-21-13)14-11(16)7-4-8-18-14/h4,7-8,10,12,17H,2-3,5-6,9H2,1H3. The Hall–Kier alpha value is -1.46. The Morgan fingerprint density at radius 2 is 2.24 bits per heavy atom. The van der Waals surface area contributed by atoms with Gasteiger partial charge in [0.05, 0.1) is 5.02 Å². The molecule has 6 heteroatoms. The fourth-order valence-corrected chi connectivity index (χ4v) is 3.24. The van der Waals surface area contributed by atoms with E-state index in [0.29, 0.717) is 34.4 Å². The number of nitrogens with zero attached hydrogens (tertiary/aromatic N) is 3. The molecule has 3 rings (SSSR count). The second-order valence-electron chi connectivity index (χ2n) is 5.49. The highest BCUT2D eigenvalue weighted by molar-refractivity contribution is 6.32. The first-order chi connectivity index (χ1) is 10.3. The summed E-state index contributed by atoms with van der Waals surface area (Å²) in [6.45, 7) is 0. The van der Waals surface area contributed by atoms with Gasteiger partial charge in [0.1, 0.15) is 5.69 Å². The van der Waals surface area contributed by atoms with Crippen LogP contribution in [0.4, 0.5) is 0 Å². The molecular weight excluding hydrogens is 288 g/mol. The van der Waals surface area contributed by atoms with E-state index in [-0.39, 0.29) is 0 Å². The van der Waals surface area contributed by atoms with Gasteiger partial charge in [-0.2, -0.15) is 4.98 Å². The normalized spacial score (nSPS) is 17.2. The van der Waals surface area contributed by atoms with Crippen LogP contribution in [0.1, 0.15) is 31.6 Å². The van der Waals surface area contributed by atoms with Gasteiger partial charge in [-0.25, -0.2) is 0 Å². The highest BCUT2D eigenvalue weighted by Crippen LogP contribution is 2.29. The molecule has 0 aliphatic heterocycles. The first kappa shape index (κ1) is 14.5. The van der Waals surface area contributed by atoms with Crippen molar-refractivity contribution in [3.63, 3.8) is 0 Å². The molecule has 1 saturated carbocycles. The Morgan fingerprint density at radius 3 is 2.95 bits per heavy atom. The van der Waals surface area contributed by atoms with Crippen LogP contribution in [-0.4, -0.2) is 28.2 Å². The molecule has 5 nitrogen and oxygen atoms in total. The summed E-state index contributed by atoms with van der Waals surface area (Å²) in [7, 11) is 2.00. The molecular formula is C15H19ClN4O. The first-order valence-electron chi connectivity index (χ1n) is 7.38. The quantitative estimate of drug-likeness (QED) is 0.919. The third kappa shape index (κ3) is 3.24. The van der Waals surface area contributed by atoms with Crippen molar-refractivity contribution in [3.8, 4) is 11.5 Å². The Morgan fingerprint density at radius 1 is 1.43 bits per heavy atom. The van der Waals surface area contributed by atoms with Crippen molar-refractivity contribution in [2.24, 2.45) is 5.92 Å². The van der Waals surface area contributed by atoms with Gasteiger partial charge in [-0.05, 0) is 37.9 Å². The number of rotatable bonds is 5. The van der Waals surface area contributed by atoms with Crippen LogP contribution in [-0.2, 0) is 6.42 Å². The van der Waals surface area contributed by atoms with Crippen LogP contribution >= 0.6 is 11.6 Å². The molecule has 0 spiro atoms. The summed E-state index contributed by atoms with van der Waals surface area (Å²) in [4.78, 5) is 8.64. The lowest BCUT2D eigenvalue weighted by Crippen LogP contribution is -2.34. The van der Waals surface area contributed by atoms with Crippen LogP contribution in [0.15, 0.2) is 22.9 Å². The van der Waals surface area contributed by atoms with E-state index in [2.05, 4.69) is 20.4 Å². The van der Waals surface area contributed by atoms with E-state index in [4.69, 9.17) is 16.1 Å². The summed E-state index contributed by atoms with van der Waals surface area (Å²) in [6, 6.07) is 3.94. The Balaban J connectivity index is 1.74. The molecule has 2 aromatic rings. The number of nitrogens with one attached hydrogen (secondary N) is 1. The maximum atomic E-state index is 6.11. The van der Waals surface area contributed by atoms with Gasteiger partial charge in [0.25, 0.3) is 0 Å². The van der Waals surface area contributed by atoms with Crippen molar-refractivity contribution in [3.05, 3.63) is 29.2 Å². The van der Waals surface area contributed by atoms with Gasteiger partial charge in [0.2, 0.25) is 11.7 Å². The van der Waals surface area contributed by atoms with Gasteiger partial charge in [-0.1, -0.05) is 29.6 Å².